The van der Waals surface area contributed by atoms with Gasteiger partial charge in [-0.3, -0.25) is 34.8 Å². The van der Waals surface area contributed by atoms with Crippen LogP contribution < -0.4 is 27.6 Å². The van der Waals surface area contributed by atoms with Crippen LogP contribution in [0.1, 0.15) is 30.1 Å². The molecule has 3 rings (SSSR count). The highest BCUT2D eigenvalue weighted by atomic mass is 16.5. The number of guanidine groups is 1. The first-order chi connectivity index (χ1) is 19.5. The van der Waals surface area contributed by atoms with Gasteiger partial charge in [-0.25, -0.2) is 14.9 Å². The van der Waals surface area contributed by atoms with Crippen LogP contribution in [0.3, 0.4) is 0 Å². The molecule has 5 atom stereocenters. The Morgan fingerprint density at radius 2 is 1.88 bits per heavy atom. The van der Waals surface area contributed by atoms with Crippen LogP contribution in [0, 0.1) is 5.41 Å². The average molecular weight is 575 g/mol. The van der Waals surface area contributed by atoms with Crippen LogP contribution in [0.15, 0.2) is 51.1 Å². The van der Waals surface area contributed by atoms with Crippen LogP contribution >= 0.6 is 0 Å². The Balaban J connectivity index is 1.70. The molecule has 0 saturated carbocycles. The molecule has 1 aliphatic rings. The maximum Gasteiger partial charge on any atom is 0.325 e. The molecule has 0 bridgehead atoms. The number of carbonyl (C=O) groups is 3. The first-order valence-corrected chi connectivity index (χ1v) is 12.3. The zero-order valence-corrected chi connectivity index (χ0v) is 21.5. The average Bonchev–Trinajstić information content (AvgIpc) is 3.22. The van der Waals surface area contributed by atoms with Gasteiger partial charge in [0.15, 0.2) is 5.96 Å². The smallest absolute Gasteiger partial charge is 0.325 e. The van der Waals surface area contributed by atoms with E-state index < -0.39 is 71.9 Å². The molecule has 1 aromatic carbocycles. The Kier molecular flexibility index (Phi) is 10.6. The highest BCUT2D eigenvalue weighted by molar-refractivity contribution is 5.94. The minimum Gasteiger partial charge on any atom is -0.387 e. The Hall–Kier alpha value is -4.71. The molecule has 17 heteroatoms. The number of hydroxylamine groups is 2. The third kappa shape index (κ3) is 8.39. The molecule has 41 heavy (non-hydrogen) atoms. The summed E-state index contributed by atoms with van der Waals surface area (Å²) < 4.78 is 5.47. The Labute approximate surface area is 231 Å². The first-order valence-electron chi connectivity index (χ1n) is 12.3. The molecule has 3 amide bonds. The van der Waals surface area contributed by atoms with Crippen LogP contribution in [0.2, 0.25) is 0 Å². The van der Waals surface area contributed by atoms with E-state index in [1.54, 1.807) is 24.3 Å². The van der Waals surface area contributed by atoms with Gasteiger partial charge in [0.2, 0.25) is 5.91 Å². The lowest BCUT2D eigenvalue weighted by Crippen LogP contribution is -2.48. The number of aliphatic imine (C=N–C) groups is 1. The predicted molar refractivity (Wildman–Crippen MR) is 141 cm³/mol. The van der Waals surface area contributed by atoms with Crippen molar-refractivity contribution in [2.45, 2.75) is 49.8 Å². The van der Waals surface area contributed by atoms with E-state index in [1.807, 2.05) is 11.1 Å². The molecule has 0 spiro atoms. The second kappa shape index (κ2) is 14.1. The number of amides is 3. The van der Waals surface area contributed by atoms with Gasteiger partial charge in [0.05, 0.1) is 12.1 Å². The third-order valence-corrected chi connectivity index (χ3v) is 6.05. The Bertz CT molecular complexity index is 1390. The molecule has 0 aliphatic carbocycles. The van der Waals surface area contributed by atoms with Crippen molar-refractivity contribution in [2.24, 2.45) is 10.7 Å². The summed E-state index contributed by atoms with van der Waals surface area (Å²) in [6, 6.07) is 7.34. The van der Waals surface area contributed by atoms with Crippen molar-refractivity contribution in [1.82, 2.24) is 25.7 Å². The molecule has 0 unspecified atom stereocenters. The molecule has 17 nitrogen and oxygen atoms in total. The number of nitrogens with one attached hydrogen (secondary N) is 5. The molecule has 1 aliphatic heterocycles. The number of nitrogens with zero attached hydrogens (tertiary/aromatic N) is 2. The molecule has 1 saturated heterocycles. The van der Waals surface area contributed by atoms with Crippen LogP contribution in [0.25, 0.3) is 0 Å². The van der Waals surface area contributed by atoms with Crippen LogP contribution in [-0.2, 0) is 25.7 Å². The van der Waals surface area contributed by atoms with E-state index in [-0.39, 0.29) is 30.0 Å². The van der Waals surface area contributed by atoms with E-state index >= 15 is 0 Å². The number of rotatable bonds is 11. The van der Waals surface area contributed by atoms with E-state index in [9.17, 15) is 39.4 Å². The number of hydrogen-bond donors (Lipinski definition) is 9. The number of benzene rings is 1. The summed E-state index contributed by atoms with van der Waals surface area (Å²) >= 11 is 0. The monoisotopic (exact) mass is 574 g/mol. The van der Waals surface area contributed by atoms with Gasteiger partial charge in [0.25, 0.3) is 17.4 Å². The van der Waals surface area contributed by atoms with Crippen molar-refractivity contribution >= 4 is 29.9 Å². The van der Waals surface area contributed by atoms with Crippen molar-refractivity contribution in [3.63, 3.8) is 0 Å². The minimum absolute atomic E-state index is 0.0591. The van der Waals surface area contributed by atoms with E-state index in [1.165, 1.54) is 0 Å². The lowest BCUT2D eigenvalue weighted by molar-refractivity contribution is -0.178. The SMILES string of the molecule is N=C(N)NCC(=O)N(O)[C@@H](CCC(=O)NCc1ccccc1)C(=O)/N=C/[C@H]1O[C@@H](c2c[nH]c(=O)[nH]c2=O)[C@H](O)[C@@H]1O. The summed E-state index contributed by atoms with van der Waals surface area (Å²) in [5.74, 6) is -3.20. The molecular weight excluding hydrogens is 544 g/mol. The van der Waals surface area contributed by atoms with Gasteiger partial charge in [0.1, 0.15) is 30.5 Å². The predicted octanol–water partition coefficient (Wildman–Crippen LogP) is -3.01. The quantitative estimate of drug-likeness (QED) is 0.0564. The molecule has 1 aromatic heterocycles. The summed E-state index contributed by atoms with van der Waals surface area (Å²) in [6.45, 7) is -0.426. The maximum absolute atomic E-state index is 12.9. The fraction of sp³-hybridized carbons (Fsp3) is 0.375. The Morgan fingerprint density at radius 3 is 2.54 bits per heavy atom. The van der Waals surface area contributed by atoms with Crippen molar-refractivity contribution in [3.8, 4) is 0 Å². The van der Waals surface area contributed by atoms with Gasteiger partial charge >= 0.3 is 5.69 Å². The van der Waals surface area contributed by atoms with E-state index in [0.29, 0.717) is 0 Å². The van der Waals surface area contributed by atoms with Crippen molar-refractivity contribution in [2.75, 3.05) is 6.54 Å². The minimum atomic E-state index is -1.66. The van der Waals surface area contributed by atoms with E-state index in [0.717, 1.165) is 18.0 Å². The lowest BCUT2D eigenvalue weighted by atomic mass is 10.0. The van der Waals surface area contributed by atoms with Gasteiger partial charge < -0.3 is 36.3 Å². The highest BCUT2D eigenvalue weighted by Crippen LogP contribution is 2.31. The summed E-state index contributed by atoms with van der Waals surface area (Å²) in [5.41, 5.74) is 4.12. The van der Waals surface area contributed by atoms with Gasteiger partial charge in [-0.15, -0.1) is 0 Å². The van der Waals surface area contributed by atoms with Crippen molar-refractivity contribution < 1.29 is 34.5 Å². The van der Waals surface area contributed by atoms with E-state index in [2.05, 4.69) is 20.6 Å². The zero-order chi connectivity index (χ0) is 30.1. The number of carbonyl (C=O) groups excluding carboxylic acids is 3. The van der Waals surface area contributed by atoms with Crippen LogP contribution in [0.4, 0.5) is 0 Å². The fourth-order valence-corrected chi connectivity index (χ4v) is 3.88. The number of aromatic amines is 2. The van der Waals surface area contributed by atoms with Gasteiger partial charge in [-0.2, -0.15) is 0 Å². The molecule has 1 fully saturated rings. The maximum atomic E-state index is 12.9. The largest absolute Gasteiger partial charge is 0.387 e. The number of nitrogens with two attached hydrogens (primary N) is 1. The van der Waals surface area contributed by atoms with Crippen LogP contribution in [-0.4, -0.2) is 91.2 Å². The van der Waals surface area contributed by atoms with Gasteiger partial charge in [-0.1, -0.05) is 30.3 Å². The van der Waals surface area contributed by atoms with E-state index in [4.69, 9.17) is 15.9 Å². The number of hydrogen-bond acceptors (Lipinski definition) is 10. The normalized spacial score (nSPS) is 20.9. The fourth-order valence-electron chi connectivity index (χ4n) is 3.88. The summed E-state index contributed by atoms with van der Waals surface area (Å²) in [6.07, 6.45) is -4.87. The number of H-pyrrole nitrogens is 2. The standard InChI is InChI=1S/C24H30N8O9/c25-23(26)29-11-17(34)32(40)14(6-7-16(33)27-8-12-4-2-1-3-5-12)22(38)28-10-15-18(35)19(36)20(41-15)13-9-30-24(39)31-21(13)37/h1-5,9-10,14-15,18-20,35-36,40H,6-8,11H2,(H,27,33)(H4,25,26,29)(H2,30,31,37,39)/b28-10+/t14-,15+,18+,19+,20-/m0/s1. The third-order valence-electron chi connectivity index (χ3n) is 6.05. The second-order valence-corrected chi connectivity index (χ2v) is 8.97. The molecule has 10 N–H and O–H groups in total. The Morgan fingerprint density at radius 1 is 1.17 bits per heavy atom. The first kappa shape index (κ1) is 30.8. The summed E-state index contributed by atoms with van der Waals surface area (Å²) in [5, 5.41) is 43.2. The number of aliphatic hydroxyl groups excluding tert-OH is 2. The topological polar surface area (TPSA) is 276 Å². The van der Waals surface area contributed by atoms with Crippen molar-refractivity contribution in [1.29, 1.82) is 5.41 Å². The molecule has 220 valence electrons. The van der Waals surface area contributed by atoms with Gasteiger partial charge in [0, 0.05) is 25.4 Å². The number of aromatic nitrogens is 2. The summed E-state index contributed by atoms with van der Waals surface area (Å²) in [4.78, 5) is 68.9. The second-order valence-electron chi connectivity index (χ2n) is 8.97. The lowest BCUT2D eigenvalue weighted by Gasteiger charge is -2.23. The molecule has 0 radical (unpaired) electrons. The summed E-state index contributed by atoms with van der Waals surface area (Å²) in [7, 11) is 0. The van der Waals surface area contributed by atoms with Gasteiger partial charge in [-0.05, 0) is 12.0 Å². The molecular formula is C24H30N8O9. The van der Waals surface area contributed by atoms with Crippen LogP contribution in [0.5, 0.6) is 0 Å². The number of aliphatic hydroxyl groups is 2. The molecule has 2 heterocycles. The number of ether oxygens (including phenoxy) is 1. The van der Waals surface area contributed by atoms with Crippen molar-refractivity contribution in [3.05, 3.63) is 68.5 Å². The molecule has 2 aromatic rings. The zero-order valence-electron chi connectivity index (χ0n) is 21.5. The highest BCUT2D eigenvalue weighted by Gasteiger charge is 2.44.